The highest BCUT2D eigenvalue weighted by Crippen LogP contribution is 2.29. The summed E-state index contributed by atoms with van der Waals surface area (Å²) in [6.45, 7) is 4.39. The first kappa shape index (κ1) is 15.0. The van der Waals surface area contributed by atoms with Crippen LogP contribution in [0.3, 0.4) is 0 Å². The van der Waals surface area contributed by atoms with E-state index in [0.29, 0.717) is 12.1 Å². The largest absolute Gasteiger partial charge is 0.307 e. The van der Waals surface area contributed by atoms with Crippen LogP contribution in [0.4, 0.5) is 0 Å². The first-order valence-electron chi connectivity index (χ1n) is 6.30. The zero-order chi connectivity index (χ0) is 13.8. The van der Waals surface area contributed by atoms with Gasteiger partial charge in [-0.2, -0.15) is 0 Å². The molecule has 0 aliphatic heterocycles. The first-order chi connectivity index (χ1) is 9.08. The number of hydrogen-bond donors (Lipinski definition) is 1. The highest BCUT2D eigenvalue weighted by molar-refractivity contribution is 9.10. The number of thiophene rings is 1. The lowest BCUT2D eigenvalue weighted by Crippen LogP contribution is -2.30. The van der Waals surface area contributed by atoms with Gasteiger partial charge in [-0.3, -0.25) is 0 Å². The van der Waals surface area contributed by atoms with Crippen LogP contribution in [-0.4, -0.2) is 6.04 Å². The maximum atomic E-state index is 6.20. The van der Waals surface area contributed by atoms with E-state index in [1.165, 1.54) is 14.9 Å². The molecule has 0 saturated carbocycles. The monoisotopic (exact) mass is 357 g/mol. The Morgan fingerprint density at radius 2 is 2.00 bits per heavy atom. The molecular weight excluding hydrogens is 342 g/mol. The van der Waals surface area contributed by atoms with Crippen molar-refractivity contribution in [3.63, 3.8) is 0 Å². The van der Waals surface area contributed by atoms with E-state index in [2.05, 4.69) is 52.6 Å². The molecule has 4 heteroatoms. The molecule has 0 radical (unpaired) electrons. The van der Waals surface area contributed by atoms with Gasteiger partial charge in [0.2, 0.25) is 0 Å². The molecule has 2 aromatic rings. The lowest BCUT2D eigenvalue weighted by molar-refractivity contribution is 0.481. The fraction of sp³-hybridized carbons (Fsp3) is 0.333. The van der Waals surface area contributed by atoms with Gasteiger partial charge < -0.3 is 5.32 Å². The Bertz CT molecular complexity index is 540. The van der Waals surface area contributed by atoms with Crippen LogP contribution in [0.2, 0.25) is 5.02 Å². The topological polar surface area (TPSA) is 12.0 Å². The summed E-state index contributed by atoms with van der Waals surface area (Å²) in [5.74, 6) is 0. The van der Waals surface area contributed by atoms with Gasteiger partial charge in [-0.1, -0.05) is 29.8 Å². The van der Waals surface area contributed by atoms with Crippen LogP contribution in [0.15, 0.2) is 40.2 Å². The number of halogens is 2. The van der Waals surface area contributed by atoms with Crippen molar-refractivity contribution < 1.29 is 0 Å². The Hall–Kier alpha value is -0.350. The van der Waals surface area contributed by atoms with E-state index >= 15 is 0 Å². The Morgan fingerprint density at radius 1 is 1.26 bits per heavy atom. The molecule has 2 unspecified atom stereocenters. The van der Waals surface area contributed by atoms with Crippen LogP contribution < -0.4 is 5.32 Å². The SMILES string of the molecule is CC(Cc1ccccc1Cl)NC(C)c1sccc1Br. The summed E-state index contributed by atoms with van der Waals surface area (Å²) in [5, 5.41) is 6.58. The Kier molecular flexibility index (Phi) is 5.46. The zero-order valence-electron chi connectivity index (χ0n) is 11.0. The van der Waals surface area contributed by atoms with E-state index in [4.69, 9.17) is 11.6 Å². The normalized spacial score (nSPS) is 14.3. The minimum atomic E-state index is 0.340. The van der Waals surface area contributed by atoms with Crippen LogP contribution in [-0.2, 0) is 6.42 Å². The Labute approximate surface area is 132 Å². The molecule has 0 bridgehead atoms. The standard InChI is InChI=1S/C15H17BrClNS/c1-10(9-12-5-3-4-6-14(12)17)18-11(2)15-13(16)7-8-19-15/h3-8,10-11,18H,9H2,1-2H3. The molecule has 0 spiro atoms. The highest BCUT2D eigenvalue weighted by Gasteiger charge is 2.14. The number of rotatable bonds is 5. The maximum absolute atomic E-state index is 6.20. The van der Waals surface area contributed by atoms with Gasteiger partial charge in [-0.25, -0.2) is 0 Å². The summed E-state index contributed by atoms with van der Waals surface area (Å²) in [7, 11) is 0. The van der Waals surface area contributed by atoms with E-state index in [0.717, 1.165) is 11.4 Å². The third kappa shape index (κ3) is 4.06. The fourth-order valence-corrected chi connectivity index (χ4v) is 4.12. The molecule has 2 atom stereocenters. The van der Waals surface area contributed by atoms with Crippen molar-refractivity contribution >= 4 is 38.9 Å². The van der Waals surface area contributed by atoms with Crippen molar-refractivity contribution in [3.8, 4) is 0 Å². The maximum Gasteiger partial charge on any atom is 0.0438 e. The second kappa shape index (κ2) is 6.89. The minimum Gasteiger partial charge on any atom is -0.307 e. The number of nitrogens with one attached hydrogen (secondary N) is 1. The molecule has 0 aliphatic carbocycles. The Balaban J connectivity index is 1.97. The molecule has 0 saturated heterocycles. The molecule has 1 aromatic carbocycles. The quantitative estimate of drug-likeness (QED) is 0.749. The van der Waals surface area contributed by atoms with Crippen molar-refractivity contribution in [2.24, 2.45) is 0 Å². The summed E-state index contributed by atoms with van der Waals surface area (Å²) in [4.78, 5) is 1.34. The van der Waals surface area contributed by atoms with Crippen molar-refractivity contribution in [1.82, 2.24) is 5.32 Å². The highest BCUT2D eigenvalue weighted by atomic mass is 79.9. The van der Waals surface area contributed by atoms with Crippen molar-refractivity contribution in [1.29, 1.82) is 0 Å². The molecule has 2 rings (SSSR count). The summed E-state index contributed by atoms with van der Waals surface area (Å²) in [5.41, 5.74) is 1.20. The van der Waals surface area contributed by atoms with Gasteiger partial charge in [-0.15, -0.1) is 11.3 Å². The summed E-state index contributed by atoms with van der Waals surface area (Å²) < 4.78 is 1.18. The van der Waals surface area contributed by atoms with Crippen molar-refractivity contribution in [2.45, 2.75) is 32.4 Å². The molecule has 0 fully saturated rings. The van der Waals surface area contributed by atoms with Gasteiger partial charge in [0.05, 0.1) is 0 Å². The summed E-state index contributed by atoms with van der Waals surface area (Å²) in [6, 6.07) is 10.9. The molecule has 19 heavy (non-hydrogen) atoms. The van der Waals surface area contributed by atoms with Gasteiger partial charge in [0.15, 0.2) is 0 Å². The van der Waals surface area contributed by atoms with Gasteiger partial charge in [-0.05, 0) is 59.3 Å². The smallest absolute Gasteiger partial charge is 0.0438 e. The van der Waals surface area contributed by atoms with Gasteiger partial charge in [0, 0.05) is 26.5 Å². The second-order valence-corrected chi connectivity index (χ2v) is 6.93. The molecule has 0 amide bonds. The molecule has 1 N–H and O–H groups in total. The van der Waals surface area contributed by atoms with Crippen LogP contribution in [0.25, 0.3) is 0 Å². The lowest BCUT2D eigenvalue weighted by atomic mass is 10.1. The van der Waals surface area contributed by atoms with E-state index in [1.54, 1.807) is 11.3 Å². The summed E-state index contributed by atoms with van der Waals surface area (Å²) in [6.07, 6.45) is 0.938. The number of benzene rings is 1. The molecule has 1 aromatic heterocycles. The van der Waals surface area contributed by atoms with Gasteiger partial charge in [0.1, 0.15) is 0 Å². The first-order valence-corrected chi connectivity index (χ1v) is 8.35. The fourth-order valence-electron chi connectivity index (χ4n) is 2.17. The minimum absolute atomic E-state index is 0.340. The third-order valence-electron chi connectivity index (χ3n) is 3.06. The Morgan fingerprint density at radius 3 is 2.63 bits per heavy atom. The van der Waals surface area contributed by atoms with Crippen LogP contribution in [0, 0.1) is 0 Å². The van der Waals surface area contributed by atoms with E-state index in [1.807, 2.05) is 18.2 Å². The van der Waals surface area contributed by atoms with Gasteiger partial charge >= 0.3 is 0 Å². The van der Waals surface area contributed by atoms with Gasteiger partial charge in [0.25, 0.3) is 0 Å². The van der Waals surface area contributed by atoms with Crippen LogP contribution >= 0.6 is 38.9 Å². The lowest BCUT2D eigenvalue weighted by Gasteiger charge is -2.20. The molecule has 0 aliphatic rings. The van der Waals surface area contributed by atoms with Crippen LogP contribution in [0.1, 0.15) is 30.3 Å². The van der Waals surface area contributed by atoms with E-state index in [9.17, 15) is 0 Å². The van der Waals surface area contributed by atoms with E-state index < -0.39 is 0 Å². The average molecular weight is 359 g/mol. The molecular formula is C15H17BrClNS. The predicted molar refractivity (Wildman–Crippen MR) is 88.2 cm³/mol. The molecule has 1 heterocycles. The van der Waals surface area contributed by atoms with Crippen molar-refractivity contribution in [2.75, 3.05) is 0 Å². The molecule has 102 valence electrons. The summed E-state index contributed by atoms with van der Waals surface area (Å²) >= 11 is 11.6. The van der Waals surface area contributed by atoms with E-state index in [-0.39, 0.29) is 0 Å². The number of hydrogen-bond acceptors (Lipinski definition) is 2. The average Bonchev–Trinajstić information content (AvgIpc) is 2.78. The third-order valence-corrected chi connectivity index (χ3v) is 5.48. The predicted octanol–water partition coefficient (Wildman–Crippen LogP) is 5.45. The molecule has 1 nitrogen and oxygen atoms in total. The zero-order valence-corrected chi connectivity index (χ0v) is 14.1. The van der Waals surface area contributed by atoms with Crippen molar-refractivity contribution in [3.05, 3.63) is 55.6 Å². The van der Waals surface area contributed by atoms with Crippen LogP contribution in [0.5, 0.6) is 0 Å². The second-order valence-electron chi connectivity index (χ2n) is 4.72.